The molecule has 0 saturated carbocycles. The molecule has 1 N–H and O–H groups in total. The Bertz CT molecular complexity index is 588. The number of hydrogen-bond donors (Lipinski definition) is 1. The highest BCUT2D eigenvalue weighted by Gasteiger charge is 2.29. The number of carbonyl (C=O) groups excluding carboxylic acids is 3. The van der Waals surface area contributed by atoms with Crippen LogP contribution in [0.5, 0.6) is 0 Å². The van der Waals surface area contributed by atoms with Crippen LogP contribution in [-0.2, 0) is 14.3 Å². The predicted octanol–water partition coefficient (Wildman–Crippen LogP) is 0.967. The van der Waals surface area contributed by atoms with Gasteiger partial charge in [-0.25, -0.2) is 4.39 Å². The molecule has 0 radical (unpaired) electrons. The molecular formula is C16H19FN2O4. The number of nitrogens with zero attached hydrogens (tertiary/aromatic N) is 1. The second-order valence-corrected chi connectivity index (χ2v) is 5.39. The largest absolute Gasteiger partial charge is 0.468 e. The molecule has 23 heavy (non-hydrogen) atoms. The highest BCUT2D eigenvalue weighted by atomic mass is 19.1. The second kappa shape index (κ2) is 7.71. The van der Waals surface area contributed by atoms with E-state index in [2.05, 4.69) is 10.1 Å². The summed E-state index contributed by atoms with van der Waals surface area (Å²) in [5.74, 6) is -1.78. The molecule has 0 spiro atoms. The molecule has 2 rings (SSSR count). The first-order chi connectivity index (χ1) is 11.0. The van der Waals surface area contributed by atoms with Gasteiger partial charge >= 0.3 is 5.97 Å². The van der Waals surface area contributed by atoms with Crippen molar-refractivity contribution in [2.45, 2.75) is 12.8 Å². The molecule has 0 aliphatic carbocycles. The number of benzene rings is 1. The van der Waals surface area contributed by atoms with Crippen molar-refractivity contribution in [1.82, 2.24) is 10.2 Å². The van der Waals surface area contributed by atoms with Gasteiger partial charge in [0.15, 0.2) is 0 Å². The minimum absolute atomic E-state index is 0.183. The van der Waals surface area contributed by atoms with Gasteiger partial charge < -0.3 is 15.0 Å². The molecule has 6 nitrogen and oxygen atoms in total. The van der Waals surface area contributed by atoms with Crippen LogP contribution in [0.4, 0.5) is 4.39 Å². The van der Waals surface area contributed by atoms with Crippen LogP contribution < -0.4 is 5.32 Å². The maximum atomic E-state index is 12.9. The van der Waals surface area contributed by atoms with Gasteiger partial charge in [0.1, 0.15) is 12.4 Å². The Kier molecular flexibility index (Phi) is 5.67. The van der Waals surface area contributed by atoms with Gasteiger partial charge in [0.05, 0.1) is 13.0 Å². The monoisotopic (exact) mass is 322 g/mol. The van der Waals surface area contributed by atoms with Crippen molar-refractivity contribution in [2.75, 3.05) is 26.7 Å². The van der Waals surface area contributed by atoms with Crippen LogP contribution in [0.1, 0.15) is 23.2 Å². The van der Waals surface area contributed by atoms with Crippen molar-refractivity contribution in [3.63, 3.8) is 0 Å². The van der Waals surface area contributed by atoms with E-state index in [1.807, 2.05) is 0 Å². The van der Waals surface area contributed by atoms with E-state index in [1.54, 1.807) is 4.90 Å². The van der Waals surface area contributed by atoms with E-state index < -0.39 is 11.8 Å². The van der Waals surface area contributed by atoms with Gasteiger partial charge in [-0.3, -0.25) is 14.4 Å². The number of hydrogen-bond acceptors (Lipinski definition) is 4. The minimum Gasteiger partial charge on any atom is -0.468 e. The molecule has 124 valence electrons. The molecule has 2 amide bonds. The Balaban J connectivity index is 1.94. The van der Waals surface area contributed by atoms with Crippen molar-refractivity contribution < 1.29 is 23.5 Å². The van der Waals surface area contributed by atoms with Crippen LogP contribution in [0, 0.1) is 11.7 Å². The summed E-state index contributed by atoms with van der Waals surface area (Å²) in [6, 6.07) is 5.33. The highest BCUT2D eigenvalue weighted by molar-refractivity contribution is 5.94. The molecule has 1 saturated heterocycles. The zero-order valence-electron chi connectivity index (χ0n) is 12.9. The molecule has 1 atom stereocenters. The molecule has 1 aliphatic rings. The smallest absolute Gasteiger partial charge is 0.325 e. The number of amides is 2. The lowest BCUT2D eigenvalue weighted by Crippen LogP contribution is -2.46. The topological polar surface area (TPSA) is 75.7 Å². The third-order valence-electron chi connectivity index (χ3n) is 3.81. The standard InChI is InChI=1S/C16H19FN2O4/c1-23-14(20)9-18-15(21)12-3-2-8-19(10-12)16(22)11-4-6-13(17)7-5-11/h4-7,12H,2-3,8-10H2,1H3,(H,18,21). The molecule has 7 heteroatoms. The van der Waals surface area contributed by atoms with Crippen LogP contribution >= 0.6 is 0 Å². The Morgan fingerprint density at radius 1 is 1.30 bits per heavy atom. The van der Waals surface area contributed by atoms with Gasteiger partial charge in [0.2, 0.25) is 5.91 Å². The first-order valence-electron chi connectivity index (χ1n) is 7.40. The summed E-state index contributed by atoms with van der Waals surface area (Å²) >= 11 is 0. The van der Waals surface area contributed by atoms with Crippen molar-refractivity contribution in [3.8, 4) is 0 Å². The number of carbonyl (C=O) groups is 3. The molecule has 1 aromatic rings. The van der Waals surface area contributed by atoms with Gasteiger partial charge in [-0.05, 0) is 37.1 Å². The lowest BCUT2D eigenvalue weighted by molar-refractivity contribution is -0.141. The van der Waals surface area contributed by atoms with Crippen molar-refractivity contribution in [2.24, 2.45) is 5.92 Å². The number of methoxy groups -OCH3 is 1. The van der Waals surface area contributed by atoms with E-state index in [9.17, 15) is 18.8 Å². The maximum absolute atomic E-state index is 12.9. The van der Waals surface area contributed by atoms with Crippen molar-refractivity contribution in [1.29, 1.82) is 0 Å². The molecular weight excluding hydrogens is 303 g/mol. The van der Waals surface area contributed by atoms with E-state index >= 15 is 0 Å². The third-order valence-corrected chi connectivity index (χ3v) is 3.81. The van der Waals surface area contributed by atoms with Gasteiger partial charge in [0.25, 0.3) is 5.91 Å². The van der Waals surface area contributed by atoms with Crippen LogP contribution in [0.2, 0.25) is 0 Å². The van der Waals surface area contributed by atoms with E-state index in [4.69, 9.17) is 0 Å². The molecule has 0 bridgehead atoms. The number of likely N-dealkylation sites (tertiary alicyclic amines) is 1. The summed E-state index contributed by atoms with van der Waals surface area (Å²) in [6.45, 7) is 0.651. The molecule has 1 unspecified atom stereocenters. The average Bonchev–Trinajstić information content (AvgIpc) is 2.59. The SMILES string of the molecule is COC(=O)CNC(=O)C1CCCN(C(=O)c2ccc(F)cc2)C1. The minimum atomic E-state index is -0.520. The molecule has 0 aromatic heterocycles. The molecule has 1 heterocycles. The zero-order valence-corrected chi connectivity index (χ0v) is 12.9. The van der Waals surface area contributed by atoms with E-state index in [-0.39, 0.29) is 30.8 Å². The summed E-state index contributed by atoms with van der Waals surface area (Å²) in [5, 5.41) is 2.51. The normalized spacial score (nSPS) is 17.5. The Labute approximate surface area is 133 Å². The average molecular weight is 322 g/mol. The van der Waals surface area contributed by atoms with Crippen LogP contribution in [-0.4, -0.2) is 49.4 Å². The number of esters is 1. The fourth-order valence-electron chi connectivity index (χ4n) is 2.53. The van der Waals surface area contributed by atoms with E-state index in [0.29, 0.717) is 24.9 Å². The predicted molar refractivity (Wildman–Crippen MR) is 80.1 cm³/mol. The molecule has 1 fully saturated rings. The van der Waals surface area contributed by atoms with Gasteiger partial charge in [-0.15, -0.1) is 0 Å². The maximum Gasteiger partial charge on any atom is 0.325 e. The van der Waals surface area contributed by atoms with Crippen LogP contribution in [0.15, 0.2) is 24.3 Å². The van der Waals surface area contributed by atoms with E-state index in [1.165, 1.54) is 31.4 Å². The van der Waals surface area contributed by atoms with Gasteiger partial charge in [-0.1, -0.05) is 0 Å². The van der Waals surface area contributed by atoms with Gasteiger partial charge in [-0.2, -0.15) is 0 Å². The van der Waals surface area contributed by atoms with Crippen molar-refractivity contribution in [3.05, 3.63) is 35.6 Å². The van der Waals surface area contributed by atoms with Crippen LogP contribution in [0.25, 0.3) is 0 Å². The lowest BCUT2D eigenvalue weighted by Gasteiger charge is -2.32. The summed E-state index contributed by atoms with van der Waals surface area (Å²) in [7, 11) is 1.25. The van der Waals surface area contributed by atoms with E-state index in [0.717, 1.165) is 0 Å². The summed E-state index contributed by atoms with van der Waals surface area (Å²) in [4.78, 5) is 37.1. The number of rotatable bonds is 4. The second-order valence-electron chi connectivity index (χ2n) is 5.39. The zero-order chi connectivity index (χ0) is 16.8. The lowest BCUT2D eigenvalue weighted by atomic mass is 9.96. The quantitative estimate of drug-likeness (QED) is 0.838. The summed E-state index contributed by atoms with van der Waals surface area (Å²) in [6.07, 6.45) is 1.35. The number of ether oxygens (including phenoxy) is 1. The number of nitrogens with one attached hydrogen (secondary N) is 1. The molecule has 1 aromatic carbocycles. The fourth-order valence-corrected chi connectivity index (χ4v) is 2.53. The Morgan fingerprint density at radius 3 is 2.65 bits per heavy atom. The number of halogens is 1. The first-order valence-corrected chi connectivity index (χ1v) is 7.40. The number of piperidine rings is 1. The summed E-state index contributed by atoms with van der Waals surface area (Å²) < 4.78 is 17.4. The van der Waals surface area contributed by atoms with Gasteiger partial charge in [0, 0.05) is 18.7 Å². The van der Waals surface area contributed by atoms with Crippen LogP contribution in [0.3, 0.4) is 0 Å². The Morgan fingerprint density at radius 2 is 2.00 bits per heavy atom. The summed E-state index contributed by atoms with van der Waals surface area (Å²) in [5.41, 5.74) is 0.391. The first kappa shape index (κ1) is 16.9. The fraction of sp³-hybridized carbons (Fsp3) is 0.438. The highest BCUT2D eigenvalue weighted by Crippen LogP contribution is 2.19. The Hall–Kier alpha value is -2.44. The third kappa shape index (κ3) is 4.51. The van der Waals surface area contributed by atoms with Crippen molar-refractivity contribution >= 4 is 17.8 Å². The molecule has 1 aliphatic heterocycles.